The topological polar surface area (TPSA) is 70.4 Å². The minimum atomic E-state index is -0.665. The number of ketones is 1. The first-order chi connectivity index (χ1) is 10.7. The lowest BCUT2D eigenvalue weighted by atomic mass is 9.99. The first-order valence-electron chi connectivity index (χ1n) is 7.11. The Kier molecular flexibility index (Phi) is 4.50. The molecule has 0 aromatic heterocycles. The van der Waals surface area contributed by atoms with Crippen molar-refractivity contribution in [2.24, 2.45) is 0 Å². The van der Waals surface area contributed by atoms with Crippen molar-refractivity contribution >= 4 is 17.4 Å². The molecule has 1 aromatic carbocycles. The number of carbonyl (C=O) groups is 2. The number of hydrogen-bond acceptors (Lipinski definition) is 4. The van der Waals surface area contributed by atoms with Crippen LogP contribution in [-0.4, -0.2) is 35.5 Å². The molecule has 6 heteroatoms. The first kappa shape index (κ1) is 16.7. The van der Waals surface area contributed by atoms with Crippen molar-refractivity contribution in [3.8, 4) is 6.07 Å². The highest BCUT2D eigenvalue weighted by Crippen LogP contribution is 2.23. The van der Waals surface area contributed by atoms with Crippen molar-refractivity contribution in [3.05, 3.63) is 41.2 Å². The maximum Gasteiger partial charge on any atom is 0.411 e. The molecule has 1 aromatic rings. The Balaban J connectivity index is 2.24. The normalized spacial score (nSPS) is 15.0. The third-order valence-electron chi connectivity index (χ3n) is 3.16. The molecule has 0 spiro atoms. The predicted octanol–water partition coefficient (Wildman–Crippen LogP) is 2.90. The molecule has 0 unspecified atom stereocenters. The van der Waals surface area contributed by atoms with Gasteiger partial charge in [0.15, 0.2) is 5.78 Å². The molecule has 0 saturated carbocycles. The highest BCUT2D eigenvalue weighted by Gasteiger charge is 2.27. The van der Waals surface area contributed by atoms with Crippen LogP contribution in [0.3, 0.4) is 0 Å². The summed E-state index contributed by atoms with van der Waals surface area (Å²) in [6.07, 6.45) is 0.798. The van der Waals surface area contributed by atoms with Crippen LogP contribution in [-0.2, 0) is 9.53 Å². The Morgan fingerprint density at radius 3 is 2.61 bits per heavy atom. The lowest BCUT2D eigenvalue weighted by molar-refractivity contribution is -0.116. The van der Waals surface area contributed by atoms with Crippen LogP contribution in [0.15, 0.2) is 24.3 Å². The van der Waals surface area contributed by atoms with Crippen LogP contribution in [0.2, 0.25) is 0 Å². The number of ether oxygens (including phenoxy) is 1. The number of rotatable bonds is 1. The predicted molar refractivity (Wildman–Crippen MR) is 81.9 cm³/mol. The quantitative estimate of drug-likeness (QED) is 0.798. The third kappa shape index (κ3) is 4.16. The Morgan fingerprint density at radius 1 is 1.35 bits per heavy atom. The van der Waals surface area contributed by atoms with Gasteiger partial charge in [-0.25, -0.2) is 9.18 Å². The Bertz CT molecular complexity index is 726. The van der Waals surface area contributed by atoms with Crippen LogP contribution in [0.5, 0.6) is 0 Å². The van der Waals surface area contributed by atoms with Gasteiger partial charge in [-0.1, -0.05) is 6.07 Å². The number of nitrogens with zero attached hydrogens (tertiary/aromatic N) is 2. The number of hydrogen-bond donors (Lipinski definition) is 0. The fourth-order valence-corrected chi connectivity index (χ4v) is 2.17. The van der Waals surface area contributed by atoms with Gasteiger partial charge < -0.3 is 4.74 Å². The molecule has 1 aliphatic rings. The van der Waals surface area contributed by atoms with Gasteiger partial charge in [-0.3, -0.25) is 9.69 Å². The van der Waals surface area contributed by atoms with E-state index in [1.54, 1.807) is 32.9 Å². The van der Waals surface area contributed by atoms with Gasteiger partial charge >= 0.3 is 6.09 Å². The van der Waals surface area contributed by atoms with Crippen molar-refractivity contribution in [1.29, 1.82) is 5.26 Å². The van der Waals surface area contributed by atoms with Gasteiger partial charge in [0.2, 0.25) is 0 Å². The Labute approximate surface area is 134 Å². The summed E-state index contributed by atoms with van der Waals surface area (Å²) in [5.74, 6) is -0.922. The summed E-state index contributed by atoms with van der Waals surface area (Å²) < 4.78 is 19.0. The molecular formula is C17H17FN2O3. The number of halogens is 1. The van der Waals surface area contributed by atoms with E-state index in [0.717, 1.165) is 0 Å². The minimum Gasteiger partial charge on any atom is -0.444 e. The summed E-state index contributed by atoms with van der Waals surface area (Å²) in [5, 5.41) is 8.76. The summed E-state index contributed by atoms with van der Waals surface area (Å²) >= 11 is 0. The second kappa shape index (κ2) is 6.21. The van der Waals surface area contributed by atoms with E-state index in [2.05, 4.69) is 0 Å². The smallest absolute Gasteiger partial charge is 0.411 e. The van der Waals surface area contributed by atoms with E-state index < -0.39 is 17.5 Å². The molecule has 0 fully saturated rings. The summed E-state index contributed by atoms with van der Waals surface area (Å²) in [6.45, 7) is 5.29. The molecule has 0 atom stereocenters. The van der Waals surface area contributed by atoms with Crippen LogP contribution >= 0.6 is 0 Å². The molecule has 1 aliphatic heterocycles. The van der Waals surface area contributed by atoms with E-state index in [4.69, 9.17) is 10.00 Å². The van der Waals surface area contributed by atoms with Crippen LogP contribution in [0.1, 0.15) is 31.9 Å². The summed E-state index contributed by atoms with van der Waals surface area (Å²) in [7, 11) is 0. The van der Waals surface area contributed by atoms with Crippen molar-refractivity contribution < 1.29 is 18.7 Å². The fourth-order valence-electron chi connectivity index (χ4n) is 2.17. The monoisotopic (exact) mass is 316 g/mol. The summed E-state index contributed by atoms with van der Waals surface area (Å²) in [5.41, 5.74) is 0.237. The molecule has 1 amide bonds. The Morgan fingerprint density at radius 2 is 2.04 bits per heavy atom. The molecule has 0 radical (unpaired) electrons. The van der Waals surface area contributed by atoms with Crippen LogP contribution < -0.4 is 0 Å². The molecule has 0 aliphatic carbocycles. The van der Waals surface area contributed by atoms with Gasteiger partial charge in [-0.2, -0.15) is 5.26 Å². The second-order valence-corrected chi connectivity index (χ2v) is 6.28. The average molecular weight is 316 g/mol. The highest BCUT2D eigenvalue weighted by atomic mass is 19.1. The molecular weight excluding hydrogens is 299 g/mol. The largest absolute Gasteiger partial charge is 0.444 e. The zero-order valence-electron chi connectivity index (χ0n) is 13.2. The van der Waals surface area contributed by atoms with Crippen molar-refractivity contribution in [2.45, 2.75) is 26.4 Å². The first-order valence-corrected chi connectivity index (χ1v) is 7.11. The maximum atomic E-state index is 13.7. The summed E-state index contributed by atoms with van der Waals surface area (Å²) in [6, 6.07) is 5.84. The summed E-state index contributed by atoms with van der Waals surface area (Å²) in [4.78, 5) is 25.3. The number of benzene rings is 1. The maximum absolute atomic E-state index is 13.7. The molecule has 0 saturated heterocycles. The van der Waals surface area contributed by atoms with Crippen molar-refractivity contribution in [1.82, 2.24) is 4.90 Å². The van der Waals surface area contributed by atoms with Gasteiger partial charge in [0.25, 0.3) is 0 Å². The van der Waals surface area contributed by atoms with E-state index in [-0.39, 0.29) is 24.4 Å². The number of nitriles is 1. The standard InChI is InChI=1S/C17H17FN2O3/c1-17(2,3)23-16(22)20-9-13(6-14(21)10-20)11-4-5-12(8-19)15(18)7-11/h4-7H,9-10H2,1-3H3. The SMILES string of the molecule is CC(C)(C)OC(=O)N1CC(=O)C=C(c2ccc(C#N)c(F)c2)C1. The molecule has 2 rings (SSSR count). The molecule has 0 bridgehead atoms. The van der Waals surface area contributed by atoms with Gasteiger partial charge in [-0.05, 0) is 50.1 Å². The van der Waals surface area contributed by atoms with Crippen LogP contribution in [0.4, 0.5) is 9.18 Å². The number of carbonyl (C=O) groups excluding carboxylic acids is 2. The second-order valence-electron chi connectivity index (χ2n) is 6.28. The van der Waals surface area contributed by atoms with Crippen molar-refractivity contribution in [3.63, 3.8) is 0 Å². The van der Waals surface area contributed by atoms with E-state index in [1.165, 1.54) is 23.1 Å². The molecule has 120 valence electrons. The van der Waals surface area contributed by atoms with Gasteiger partial charge in [0.1, 0.15) is 17.5 Å². The molecule has 0 N–H and O–H groups in total. The van der Waals surface area contributed by atoms with Crippen molar-refractivity contribution in [2.75, 3.05) is 13.1 Å². The van der Waals surface area contributed by atoms with E-state index in [9.17, 15) is 14.0 Å². The highest BCUT2D eigenvalue weighted by molar-refractivity contribution is 6.02. The van der Waals surface area contributed by atoms with Crippen LogP contribution in [0, 0.1) is 17.1 Å². The van der Waals surface area contributed by atoms with Gasteiger partial charge in [0.05, 0.1) is 18.7 Å². The molecule has 1 heterocycles. The van der Waals surface area contributed by atoms with E-state index >= 15 is 0 Å². The minimum absolute atomic E-state index is 0.0690. The lowest BCUT2D eigenvalue weighted by Gasteiger charge is -2.29. The molecule has 5 nitrogen and oxygen atoms in total. The third-order valence-corrected chi connectivity index (χ3v) is 3.16. The van der Waals surface area contributed by atoms with Gasteiger partial charge in [0, 0.05) is 0 Å². The zero-order chi connectivity index (χ0) is 17.2. The van der Waals surface area contributed by atoms with E-state index in [0.29, 0.717) is 11.1 Å². The van der Waals surface area contributed by atoms with Crippen LogP contribution in [0.25, 0.3) is 5.57 Å². The Hall–Kier alpha value is -2.68. The number of amides is 1. The lowest BCUT2D eigenvalue weighted by Crippen LogP contribution is -2.42. The average Bonchev–Trinajstić information content (AvgIpc) is 2.44. The fraction of sp³-hybridized carbons (Fsp3) is 0.353. The zero-order valence-corrected chi connectivity index (χ0v) is 13.2. The molecule has 23 heavy (non-hydrogen) atoms. The van der Waals surface area contributed by atoms with E-state index in [1.807, 2.05) is 0 Å². The van der Waals surface area contributed by atoms with Gasteiger partial charge in [-0.15, -0.1) is 0 Å².